The minimum absolute atomic E-state index is 0.214. The average molecular weight is 432 g/mol. The van der Waals surface area contributed by atoms with Crippen molar-refractivity contribution in [2.45, 2.75) is 29.8 Å². The molecule has 0 aliphatic carbocycles. The molecule has 0 bridgehead atoms. The SMILES string of the molecule is Cn1ncc(S(=O)(=O)N2CCC(F)(c3cn4ncnc4cc3F)CC2)c1C(F)F. The van der Waals surface area contributed by atoms with E-state index in [1.807, 2.05) is 0 Å². The molecule has 1 aliphatic rings. The Morgan fingerprint density at radius 2 is 1.90 bits per heavy atom. The van der Waals surface area contributed by atoms with Crippen molar-refractivity contribution in [2.75, 3.05) is 13.1 Å². The van der Waals surface area contributed by atoms with Gasteiger partial charge < -0.3 is 0 Å². The number of alkyl halides is 3. The first-order valence-electron chi connectivity index (χ1n) is 8.62. The van der Waals surface area contributed by atoms with Crippen LogP contribution < -0.4 is 0 Å². The van der Waals surface area contributed by atoms with Crippen molar-refractivity contribution in [1.29, 1.82) is 0 Å². The molecule has 4 rings (SSSR count). The van der Waals surface area contributed by atoms with Crippen LogP contribution in [-0.4, -0.2) is 50.2 Å². The van der Waals surface area contributed by atoms with Gasteiger partial charge in [0.1, 0.15) is 28.4 Å². The number of hydrogen-bond donors (Lipinski definition) is 0. The Hall–Kier alpha value is -2.54. The second kappa shape index (κ2) is 6.76. The number of sulfonamides is 1. The predicted molar refractivity (Wildman–Crippen MR) is 91.9 cm³/mol. The summed E-state index contributed by atoms with van der Waals surface area (Å²) in [5.41, 5.74) is -2.89. The lowest BCUT2D eigenvalue weighted by Gasteiger charge is -2.35. The zero-order valence-corrected chi connectivity index (χ0v) is 16.0. The van der Waals surface area contributed by atoms with Crippen molar-refractivity contribution in [3.63, 3.8) is 0 Å². The van der Waals surface area contributed by atoms with Crippen LogP contribution in [0.3, 0.4) is 0 Å². The van der Waals surface area contributed by atoms with Gasteiger partial charge >= 0.3 is 0 Å². The molecule has 156 valence electrons. The molecule has 3 aromatic rings. The van der Waals surface area contributed by atoms with Gasteiger partial charge in [0.2, 0.25) is 10.0 Å². The van der Waals surface area contributed by atoms with Gasteiger partial charge in [-0.1, -0.05) is 0 Å². The Bertz CT molecular complexity index is 1170. The van der Waals surface area contributed by atoms with Gasteiger partial charge in [0.05, 0.1) is 6.20 Å². The lowest BCUT2D eigenvalue weighted by atomic mass is 9.87. The summed E-state index contributed by atoms with van der Waals surface area (Å²) in [6.45, 7) is -0.601. The van der Waals surface area contributed by atoms with Crippen molar-refractivity contribution >= 4 is 15.7 Å². The third kappa shape index (κ3) is 3.17. The van der Waals surface area contributed by atoms with Gasteiger partial charge in [0.25, 0.3) is 6.43 Å². The Morgan fingerprint density at radius 1 is 1.21 bits per heavy atom. The van der Waals surface area contributed by atoms with Gasteiger partial charge in [-0.25, -0.2) is 35.5 Å². The fourth-order valence-electron chi connectivity index (χ4n) is 3.53. The smallest absolute Gasteiger partial charge is 0.265 e. The van der Waals surface area contributed by atoms with Gasteiger partial charge in [-0.3, -0.25) is 4.68 Å². The number of pyridine rings is 1. The first-order valence-corrected chi connectivity index (χ1v) is 10.1. The number of aromatic nitrogens is 5. The quantitative estimate of drug-likeness (QED) is 0.590. The Balaban J connectivity index is 1.61. The normalized spacial score (nSPS) is 18.0. The fourth-order valence-corrected chi connectivity index (χ4v) is 5.14. The zero-order valence-electron chi connectivity index (χ0n) is 15.1. The molecule has 29 heavy (non-hydrogen) atoms. The number of piperidine rings is 1. The van der Waals surface area contributed by atoms with E-state index in [2.05, 4.69) is 15.2 Å². The molecule has 4 heterocycles. The Morgan fingerprint density at radius 3 is 2.55 bits per heavy atom. The van der Waals surface area contributed by atoms with Crippen molar-refractivity contribution in [1.82, 2.24) is 28.7 Å². The Labute approximate surface area is 162 Å². The van der Waals surface area contributed by atoms with Crippen LogP contribution in [0.15, 0.2) is 29.7 Å². The summed E-state index contributed by atoms with van der Waals surface area (Å²) < 4.78 is 85.0. The van der Waals surface area contributed by atoms with E-state index in [1.54, 1.807) is 0 Å². The van der Waals surface area contributed by atoms with Gasteiger partial charge in [0, 0.05) is 38.0 Å². The summed E-state index contributed by atoms with van der Waals surface area (Å²) in [6, 6.07) is 1.05. The van der Waals surface area contributed by atoms with Crippen LogP contribution in [0, 0.1) is 5.82 Å². The van der Waals surface area contributed by atoms with Crippen LogP contribution in [0.4, 0.5) is 17.6 Å². The molecule has 0 spiro atoms. The van der Waals surface area contributed by atoms with Gasteiger partial charge in [-0.05, 0) is 12.8 Å². The van der Waals surface area contributed by atoms with Crippen molar-refractivity contribution in [2.24, 2.45) is 7.05 Å². The molecule has 0 atom stereocenters. The lowest BCUT2D eigenvalue weighted by Crippen LogP contribution is -2.43. The molecule has 8 nitrogen and oxygen atoms in total. The summed E-state index contributed by atoms with van der Waals surface area (Å²) in [7, 11) is -3.09. The van der Waals surface area contributed by atoms with Crippen LogP contribution in [-0.2, 0) is 22.7 Å². The van der Waals surface area contributed by atoms with E-state index >= 15 is 4.39 Å². The molecule has 0 N–H and O–H groups in total. The van der Waals surface area contributed by atoms with E-state index < -0.39 is 38.5 Å². The topological polar surface area (TPSA) is 85.4 Å². The highest BCUT2D eigenvalue weighted by Gasteiger charge is 2.43. The number of halogens is 4. The maximum atomic E-state index is 15.5. The minimum Gasteiger partial charge on any atom is -0.265 e. The average Bonchev–Trinajstić information content (AvgIpc) is 3.27. The first-order chi connectivity index (χ1) is 13.6. The lowest BCUT2D eigenvalue weighted by molar-refractivity contribution is 0.0822. The van der Waals surface area contributed by atoms with Gasteiger partial charge in [0.15, 0.2) is 5.65 Å². The number of rotatable bonds is 4. The van der Waals surface area contributed by atoms with E-state index in [1.165, 1.54) is 24.1 Å². The molecule has 3 aromatic heterocycles. The number of fused-ring (bicyclic) bond motifs is 1. The third-order valence-corrected chi connectivity index (χ3v) is 7.05. The van der Waals surface area contributed by atoms with Crippen molar-refractivity contribution in [3.05, 3.63) is 41.9 Å². The van der Waals surface area contributed by atoms with Crippen LogP contribution in [0.5, 0.6) is 0 Å². The van der Waals surface area contributed by atoms with Gasteiger partial charge in [-0.15, -0.1) is 0 Å². The molecule has 0 unspecified atom stereocenters. The number of hydrogen-bond acceptors (Lipinski definition) is 5. The van der Waals surface area contributed by atoms with Crippen LogP contribution >= 0.6 is 0 Å². The highest BCUT2D eigenvalue weighted by atomic mass is 32.2. The van der Waals surface area contributed by atoms with E-state index in [4.69, 9.17) is 0 Å². The molecule has 0 amide bonds. The summed E-state index contributed by atoms with van der Waals surface area (Å²) in [5.74, 6) is -0.809. The van der Waals surface area contributed by atoms with Crippen LogP contribution in [0.2, 0.25) is 0 Å². The Kier molecular flexibility index (Phi) is 4.61. The highest BCUT2D eigenvalue weighted by molar-refractivity contribution is 7.89. The summed E-state index contributed by atoms with van der Waals surface area (Å²) in [4.78, 5) is 3.21. The maximum Gasteiger partial charge on any atom is 0.281 e. The molecular formula is C16H16F4N6O2S. The van der Waals surface area contributed by atoms with Crippen LogP contribution in [0.1, 0.15) is 30.5 Å². The zero-order chi connectivity index (χ0) is 21.0. The molecule has 0 aromatic carbocycles. The standard InChI is InChI=1S/C16H16F4N6O2S/c1-24-14(15(18)19)12(7-22-24)29(27,28)25-4-2-16(20,3-5-25)10-8-26-13(6-11(10)17)21-9-23-26/h6-9,15H,2-5H2,1H3. The monoisotopic (exact) mass is 432 g/mol. The molecule has 1 aliphatic heterocycles. The summed E-state index contributed by atoms with van der Waals surface area (Å²) in [5, 5.41) is 7.46. The molecular weight excluding hydrogens is 416 g/mol. The predicted octanol–water partition coefficient (Wildman–Crippen LogP) is 2.19. The van der Waals surface area contributed by atoms with E-state index in [0.717, 1.165) is 21.3 Å². The highest BCUT2D eigenvalue weighted by Crippen LogP contribution is 2.40. The van der Waals surface area contributed by atoms with E-state index in [9.17, 15) is 21.6 Å². The second-order valence-corrected chi connectivity index (χ2v) is 8.69. The molecule has 0 saturated carbocycles. The molecule has 13 heteroatoms. The largest absolute Gasteiger partial charge is 0.281 e. The van der Waals surface area contributed by atoms with E-state index in [0.29, 0.717) is 0 Å². The van der Waals surface area contributed by atoms with Crippen molar-refractivity contribution in [3.8, 4) is 0 Å². The summed E-state index contributed by atoms with van der Waals surface area (Å²) >= 11 is 0. The fraction of sp³-hybridized carbons (Fsp3) is 0.438. The molecule has 1 saturated heterocycles. The molecule has 1 fully saturated rings. The second-order valence-electron chi connectivity index (χ2n) is 6.79. The van der Waals surface area contributed by atoms with E-state index in [-0.39, 0.29) is 37.1 Å². The van der Waals surface area contributed by atoms with Crippen molar-refractivity contribution < 1.29 is 26.0 Å². The summed E-state index contributed by atoms with van der Waals surface area (Å²) in [6.07, 6.45) is -0.473. The molecule has 0 radical (unpaired) electrons. The number of aryl methyl sites for hydroxylation is 1. The third-order valence-electron chi connectivity index (χ3n) is 5.14. The van der Waals surface area contributed by atoms with Gasteiger partial charge in [-0.2, -0.15) is 14.5 Å². The van der Waals surface area contributed by atoms with Crippen LogP contribution in [0.25, 0.3) is 5.65 Å². The number of nitrogens with zero attached hydrogens (tertiary/aromatic N) is 6. The maximum absolute atomic E-state index is 15.5. The first kappa shape index (κ1) is 19.8. The minimum atomic E-state index is -4.30.